The van der Waals surface area contributed by atoms with Gasteiger partial charge < -0.3 is 10.4 Å². The zero-order valence-corrected chi connectivity index (χ0v) is 11.0. The molecule has 1 rings (SSSR count). The maximum Gasteiger partial charge on any atom is 0.287 e. The Morgan fingerprint density at radius 1 is 1.50 bits per heavy atom. The average molecular weight is 320 g/mol. The molecule has 98 valence electrons. The molecule has 0 spiro atoms. The van der Waals surface area contributed by atoms with Crippen LogP contribution in [0.1, 0.15) is 5.56 Å². The summed E-state index contributed by atoms with van der Waals surface area (Å²) in [6, 6.07) is 7.18. The first-order chi connectivity index (χ1) is 8.43. The van der Waals surface area contributed by atoms with Gasteiger partial charge in [-0.15, -0.1) is 0 Å². The monoisotopic (exact) mass is 319 g/mol. The van der Waals surface area contributed by atoms with Crippen molar-refractivity contribution in [1.82, 2.24) is 5.32 Å². The molecule has 1 aromatic carbocycles. The van der Waals surface area contributed by atoms with Gasteiger partial charge in [-0.3, -0.25) is 4.79 Å². The third-order valence-corrected chi connectivity index (χ3v) is 2.52. The highest BCUT2D eigenvalue weighted by atomic mass is 79.9. The lowest BCUT2D eigenvalue weighted by molar-refractivity contribution is -0.119. The summed E-state index contributed by atoms with van der Waals surface area (Å²) in [7, 11) is 0. The van der Waals surface area contributed by atoms with Crippen molar-refractivity contribution in [2.24, 2.45) is 0 Å². The molecule has 0 bridgehead atoms. The molecule has 1 amide bonds. The first-order valence-electron chi connectivity index (χ1n) is 5.13. The van der Waals surface area contributed by atoms with Gasteiger partial charge in [-0.1, -0.05) is 28.1 Å². The summed E-state index contributed by atoms with van der Waals surface area (Å²) in [5, 5.41) is 10.3. The van der Waals surface area contributed by atoms with E-state index in [0.717, 1.165) is 16.1 Å². The Bertz CT molecular complexity index is 449. The highest BCUT2D eigenvalue weighted by Gasteiger charge is 2.27. The number of aliphatic hydroxyl groups is 1. The molecule has 0 unspecified atom stereocenters. The lowest BCUT2D eigenvalue weighted by Gasteiger charge is -2.12. The summed E-state index contributed by atoms with van der Waals surface area (Å²) in [6.45, 7) is -2.17. The number of rotatable bonds is 5. The minimum Gasteiger partial charge on any atom is -0.390 e. The van der Waals surface area contributed by atoms with Gasteiger partial charge in [0, 0.05) is 10.5 Å². The van der Waals surface area contributed by atoms with E-state index in [9.17, 15) is 13.6 Å². The molecule has 0 fully saturated rings. The van der Waals surface area contributed by atoms with Crippen molar-refractivity contribution in [3.63, 3.8) is 0 Å². The topological polar surface area (TPSA) is 49.3 Å². The molecule has 0 aliphatic carbocycles. The summed E-state index contributed by atoms with van der Waals surface area (Å²) in [5.74, 6) is -3.93. The molecule has 0 heterocycles. The number of nitrogens with one attached hydrogen (secondary N) is 1. The lowest BCUT2D eigenvalue weighted by Crippen LogP contribution is -2.38. The molecule has 0 atom stereocenters. The van der Waals surface area contributed by atoms with E-state index in [2.05, 4.69) is 15.9 Å². The smallest absolute Gasteiger partial charge is 0.287 e. The number of halogens is 3. The van der Waals surface area contributed by atoms with Crippen molar-refractivity contribution in [2.45, 2.75) is 5.92 Å². The fourth-order valence-electron chi connectivity index (χ4n) is 1.11. The van der Waals surface area contributed by atoms with E-state index in [1.165, 1.54) is 6.08 Å². The maximum atomic E-state index is 12.6. The second kappa shape index (κ2) is 6.61. The largest absolute Gasteiger partial charge is 0.390 e. The Hall–Kier alpha value is -1.27. The van der Waals surface area contributed by atoms with Gasteiger partial charge in [0.1, 0.15) is 6.61 Å². The fourth-order valence-corrected chi connectivity index (χ4v) is 1.53. The minimum absolute atomic E-state index is 0.636. The van der Waals surface area contributed by atoms with E-state index in [-0.39, 0.29) is 0 Å². The summed E-state index contributed by atoms with van der Waals surface area (Å²) < 4.78 is 26.1. The zero-order chi connectivity index (χ0) is 13.6. The van der Waals surface area contributed by atoms with Crippen LogP contribution in [0.15, 0.2) is 34.8 Å². The summed E-state index contributed by atoms with van der Waals surface area (Å²) in [4.78, 5) is 11.2. The highest BCUT2D eigenvalue weighted by molar-refractivity contribution is 9.10. The molecule has 0 saturated heterocycles. The third kappa shape index (κ3) is 5.37. The molecule has 0 aromatic heterocycles. The molecule has 0 radical (unpaired) electrons. The number of alkyl halides is 2. The van der Waals surface area contributed by atoms with Crippen LogP contribution in [0.3, 0.4) is 0 Å². The Labute approximate surface area is 112 Å². The van der Waals surface area contributed by atoms with Gasteiger partial charge in [0.2, 0.25) is 5.91 Å². The zero-order valence-electron chi connectivity index (χ0n) is 9.37. The normalized spacial score (nSPS) is 11.8. The quantitative estimate of drug-likeness (QED) is 0.817. The van der Waals surface area contributed by atoms with E-state index in [0.29, 0.717) is 0 Å². The molecular weight excluding hydrogens is 308 g/mol. The molecule has 0 saturated carbocycles. The second-order valence-electron chi connectivity index (χ2n) is 3.62. The van der Waals surface area contributed by atoms with Gasteiger partial charge >= 0.3 is 0 Å². The average Bonchev–Trinajstić information content (AvgIpc) is 2.34. The summed E-state index contributed by atoms with van der Waals surface area (Å²) in [5.41, 5.74) is 0.772. The minimum atomic E-state index is -3.29. The van der Waals surface area contributed by atoms with Gasteiger partial charge in [0.15, 0.2) is 0 Å². The number of benzene rings is 1. The van der Waals surface area contributed by atoms with Crippen LogP contribution in [0, 0.1) is 0 Å². The van der Waals surface area contributed by atoms with Gasteiger partial charge in [0.05, 0.1) is 6.54 Å². The van der Waals surface area contributed by atoms with E-state index in [1.807, 2.05) is 11.4 Å². The van der Waals surface area contributed by atoms with E-state index < -0.39 is 25.0 Å². The Kier molecular flexibility index (Phi) is 5.43. The second-order valence-corrected chi connectivity index (χ2v) is 4.54. The molecule has 6 heteroatoms. The van der Waals surface area contributed by atoms with Crippen LogP contribution in [0.2, 0.25) is 0 Å². The van der Waals surface area contributed by atoms with Crippen LogP contribution in [0.4, 0.5) is 8.78 Å². The van der Waals surface area contributed by atoms with Crippen LogP contribution in [-0.2, 0) is 4.79 Å². The summed E-state index contributed by atoms with van der Waals surface area (Å²) >= 11 is 3.27. The van der Waals surface area contributed by atoms with Crippen molar-refractivity contribution >= 4 is 27.9 Å². The molecule has 3 nitrogen and oxygen atoms in total. The molecule has 18 heavy (non-hydrogen) atoms. The van der Waals surface area contributed by atoms with Crippen molar-refractivity contribution in [3.05, 3.63) is 40.4 Å². The predicted octanol–water partition coefficient (Wildman–Crippen LogP) is 2.21. The number of amides is 1. The SMILES string of the molecule is O=C(/C=C/c1cccc(Br)c1)NCC(F)(F)CO. The molecule has 1 aromatic rings. The van der Waals surface area contributed by atoms with Gasteiger partial charge in [0.25, 0.3) is 5.92 Å². The van der Waals surface area contributed by atoms with E-state index >= 15 is 0 Å². The van der Waals surface area contributed by atoms with Crippen molar-refractivity contribution in [2.75, 3.05) is 13.2 Å². The number of carbonyl (C=O) groups excluding carboxylic acids is 1. The molecule has 2 N–H and O–H groups in total. The predicted molar refractivity (Wildman–Crippen MR) is 68.2 cm³/mol. The number of aliphatic hydroxyl groups excluding tert-OH is 1. The van der Waals surface area contributed by atoms with Crippen LogP contribution in [-0.4, -0.2) is 30.1 Å². The standard InChI is InChI=1S/C12H12BrF2NO2/c13-10-3-1-2-9(6-10)4-5-11(18)16-7-12(14,15)8-17/h1-6,17H,7-8H2,(H,16,18)/b5-4+. The maximum absolute atomic E-state index is 12.6. The van der Waals surface area contributed by atoms with Crippen LogP contribution >= 0.6 is 15.9 Å². The van der Waals surface area contributed by atoms with Crippen LogP contribution in [0.25, 0.3) is 6.08 Å². The van der Waals surface area contributed by atoms with Crippen molar-refractivity contribution in [1.29, 1.82) is 0 Å². The Morgan fingerprint density at radius 3 is 2.83 bits per heavy atom. The van der Waals surface area contributed by atoms with Gasteiger partial charge in [-0.2, -0.15) is 0 Å². The fraction of sp³-hybridized carbons (Fsp3) is 0.250. The first kappa shape index (κ1) is 14.8. The molecule has 0 aliphatic rings. The van der Waals surface area contributed by atoms with E-state index in [1.54, 1.807) is 18.2 Å². The summed E-state index contributed by atoms with van der Waals surface area (Å²) in [6.07, 6.45) is 2.67. The number of hydrogen-bond acceptors (Lipinski definition) is 2. The Balaban J connectivity index is 2.50. The van der Waals surface area contributed by atoms with Gasteiger partial charge in [-0.05, 0) is 23.8 Å². The van der Waals surface area contributed by atoms with Crippen LogP contribution in [0.5, 0.6) is 0 Å². The van der Waals surface area contributed by atoms with Gasteiger partial charge in [-0.25, -0.2) is 8.78 Å². The molecular formula is C12H12BrF2NO2. The number of carbonyl (C=O) groups is 1. The first-order valence-corrected chi connectivity index (χ1v) is 5.92. The molecule has 0 aliphatic heterocycles. The third-order valence-electron chi connectivity index (χ3n) is 2.03. The van der Waals surface area contributed by atoms with Crippen molar-refractivity contribution < 1.29 is 18.7 Å². The highest BCUT2D eigenvalue weighted by Crippen LogP contribution is 2.13. The lowest BCUT2D eigenvalue weighted by atomic mass is 10.2. The van der Waals surface area contributed by atoms with E-state index in [4.69, 9.17) is 5.11 Å². The van der Waals surface area contributed by atoms with Crippen LogP contribution < -0.4 is 5.32 Å². The Morgan fingerprint density at radius 2 is 2.22 bits per heavy atom. The van der Waals surface area contributed by atoms with Crippen molar-refractivity contribution in [3.8, 4) is 0 Å². The number of hydrogen-bond donors (Lipinski definition) is 2.